The van der Waals surface area contributed by atoms with Gasteiger partial charge in [0, 0.05) is 31.4 Å². The molecule has 0 fully saturated rings. The van der Waals surface area contributed by atoms with Crippen molar-refractivity contribution in [3.63, 3.8) is 0 Å². The Morgan fingerprint density at radius 2 is 1.93 bits per heavy atom. The highest BCUT2D eigenvalue weighted by molar-refractivity contribution is 5.74. The van der Waals surface area contributed by atoms with Gasteiger partial charge in [0.15, 0.2) is 0 Å². The molecule has 0 aliphatic rings. The lowest BCUT2D eigenvalue weighted by molar-refractivity contribution is 0.230. The van der Waals surface area contributed by atoms with Crippen molar-refractivity contribution in [2.45, 2.75) is 39.8 Å². The van der Waals surface area contributed by atoms with E-state index in [9.17, 15) is 4.79 Å². The summed E-state index contributed by atoms with van der Waals surface area (Å²) in [6.07, 6.45) is 0.813. The molecule has 0 saturated carbocycles. The first-order chi connectivity index (χ1) is 12.8. The maximum Gasteiger partial charge on any atom is 0.315 e. The van der Waals surface area contributed by atoms with Crippen LogP contribution in [0.1, 0.15) is 23.9 Å². The van der Waals surface area contributed by atoms with E-state index in [2.05, 4.69) is 52.7 Å². The van der Waals surface area contributed by atoms with Gasteiger partial charge in [0.1, 0.15) is 0 Å². The van der Waals surface area contributed by atoms with E-state index in [0.717, 1.165) is 30.9 Å². The van der Waals surface area contributed by atoms with Gasteiger partial charge < -0.3 is 15.5 Å². The molecule has 27 heavy (non-hydrogen) atoms. The first-order valence-corrected chi connectivity index (χ1v) is 9.57. The standard InChI is InChI=1S/C21H33N5O/c1-16(14-26-18(3)11-17(2)24-26)13-22-21(27)23-20(15-25(4)5)12-19-9-7-6-8-10-19/h6-11,16,20H,12-15H2,1-5H3,(H2,22,23,27)/t16-,20+/m0/s1. The van der Waals surface area contributed by atoms with Crippen molar-refractivity contribution in [1.29, 1.82) is 0 Å². The van der Waals surface area contributed by atoms with Crippen molar-refractivity contribution in [2.75, 3.05) is 27.2 Å². The third-order valence-corrected chi connectivity index (χ3v) is 4.44. The normalized spacial score (nSPS) is 13.4. The minimum absolute atomic E-state index is 0.0636. The Kier molecular flexibility index (Phi) is 7.85. The fraction of sp³-hybridized carbons (Fsp3) is 0.524. The summed E-state index contributed by atoms with van der Waals surface area (Å²) in [7, 11) is 4.04. The van der Waals surface area contributed by atoms with Gasteiger partial charge in [0.05, 0.1) is 5.69 Å². The maximum absolute atomic E-state index is 12.4. The molecular formula is C21H33N5O. The Labute approximate surface area is 162 Å². The fourth-order valence-corrected chi connectivity index (χ4v) is 3.22. The fourth-order valence-electron chi connectivity index (χ4n) is 3.22. The minimum Gasteiger partial charge on any atom is -0.338 e. The van der Waals surface area contributed by atoms with Crippen LogP contribution in [0, 0.1) is 19.8 Å². The number of nitrogens with one attached hydrogen (secondary N) is 2. The van der Waals surface area contributed by atoms with Crippen LogP contribution in [-0.4, -0.2) is 53.9 Å². The van der Waals surface area contributed by atoms with Gasteiger partial charge in [-0.25, -0.2) is 4.79 Å². The zero-order valence-corrected chi connectivity index (χ0v) is 17.2. The second-order valence-corrected chi connectivity index (χ2v) is 7.72. The monoisotopic (exact) mass is 371 g/mol. The molecule has 1 heterocycles. The molecule has 0 spiro atoms. The van der Waals surface area contributed by atoms with E-state index >= 15 is 0 Å². The molecule has 2 rings (SSSR count). The van der Waals surface area contributed by atoms with Crippen LogP contribution in [-0.2, 0) is 13.0 Å². The lowest BCUT2D eigenvalue weighted by atomic mass is 10.1. The summed E-state index contributed by atoms with van der Waals surface area (Å²) >= 11 is 0. The summed E-state index contributed by atoms with van der Waals surface area (Å²) in [5, 5.41) is 10.6. The number of urea groups is 1. The number of aryl methyl sites for hydroxylation is 2. The van der Waals surface area contributed by atoms with Gasteiger partial charge >= 0.3 is 6.03 Å². The molecule has 0 saturated heterocycles. The van der Waals surface area contributed by atoms with E-state index in [1.807, 2.05) is 43.9 Å². The molecule has 1 aromatic carbocycles. The van der Waals surface area contributed by atoms with Gasteiger partial charge in [-0.15, -0.1) is 0 Å². The average molecular weight is 372 g/mol. The number of rotatable bonds is 9. The summed E-state index contributed by atoms with van der Waals surface area (Å²) in [6, 6.07) is 12.3. The van der Waals surface area contributed by atoms with Crippen LogP contribution in [0.2, 0.25) is 0 Å². The number of hydrogen-bond acceptors (Lipinski definition) is 3. The Hall–Kier alpha value is -2.34. The number of nitrogens with zero attached hydrogens (tertiary/aromatic N) is 3. The second-order valence-electron chi connectivity index (χ2n) is 7.72. The highest BCUT2D eigenvalue weighted by atomic mass is 16.2. The summed E-state index contributed by atoms with van der Waals surface area (Å²) < 4.78 is 2.00. The van der Waals surface area contributed by atoms with Gasteiger partial charge in [-0.1, -0.05) is 37.3 Å². The van der Waals surface area contributed by atoms with Crippen LogP contribution < -0.4 is 10.6 Å². The van der Waals surface area contributed by atoms with Crippen LogP contribution in [0.3, 0.4) is 0 Å². The lowest BCUT2D eigenvalue weighted by Gasteiger charge is -2.23. The van der Waals surface area contributed by atoms with Crippen LogP contribution >= 0.6 is 0 Å². The van der Waals surface area contributed by atoms with Crippen LogP contribution in [0.4, 0.5) is 4.79 Å². The highest BCUT2D eigenvalue weighted by Crippen LogP contribution is 2.06. The Bertz CT molecular complexity index is 711. The van der Waals surface area contributed by atoms with Gasteiger partial charge in [0.2, 0.25) is 0 Å². The molecule has 0 aliphatic heterocycles. The first-order valence-electron chi connectivity index (χ1n) is 9.57. The minimum atomic E-state index is -0.113. The van der Waals surface area contributed by atoms with Gasteiger partial charge in [0.25, 0.3) is 0 Å². The van der Waals surface area contributed by atoms with Gasteiger partial charge in [-0.3, -0.25) is 4.68 Å². The molecule has 2 amide bonds. The van der Waals surface area contributed by atoms with Gasteiger partial charge in [-0.05, 0) is 51.9 Å². The molecular weight excluding hydrogens is 338 g/mol. The Morgan fingerprint density at radius 1 is 1.22 bits per heavy atom. The van der Waals surface area contributed by atoms with Crippen LogP contribution in [0.5, 0.6) is 0 Å². The molecule has 6 heteroatoms. The number of likely N-dealkylation sites (N-methyl/N-ethyl adjacent to an activating group) is 1. The van der Waals surface area contributed by atoms with E-state index in [1.54, 1.807) is 0 Å². The van der Waals surface area contributed by atoms with E-state index in [0.29, 0.717) is 12.5 Å². The van der Waals surface area contributed by atoms with Crippen LogP contribution in [0.15, 0.2) is 36.4 Å². The summed E-state index contributed by atoms with van der Waals surface area (Å²) in [5.41, 5.74) is 3.40. The number of amides is 2. The topological polar surface area (TPSA) is 62.2 Å². The van der Waals surface area contributed by atoms with E-state index in [4.69, 9.17) is 0 Å². The van der Waals surface area contributed by atoms with Crippen molar-refractivity contribution >= 4 is 6.03 Å². The number of hydrogen-bond donors (Lipinski definition) is 2. The van der Waals surface area contributed by atoms with Crippen molar-refractivity contribution in [3.8, 4) is 0 Å². The molecule has 148 valence electrons. The Morgan fingerprint density at radius 3 is 2.52 bits per heavy atom. The first kappa shape index (κ1) is 21.0. The van der Waals surface area contributed by atoms with Crippen molar-refractivity contribution in [3.05, 3.63) is 53.3 Å². The maximum atomic E-state index is 12.4. The highest BCUT2D eigenvalue weighted by Gasteiger charge is 2.15. The SMILES string of the molecule is Cc1cc(C)n(C[C@@H](C)CNC(=O)N[C@H](Cc2ccccc2)CN(C)C)n1. The van der Waals surface area contributed by atoms with Gasteiger partial charge in [-0.2, -0.15) is 5.10 Å². The molecule has 6 nitrogen and oxygen atoms in total. The third kappa shape index (κ3) is 7.43. The molecule has 0 aliphatic carbocycles. The number of benzene rings is 1. The quantitative estimate of drug-likeness (QED) is 0.712. The molecule has 0 radical (unpaired) electrons. The zero-order chi connectivity index (χ0) is 19.8. The Balaban J connectivity index is 1.82. The largest absolute Gasteiger partial charge is 0.338 e. The molecule has 2 N–H and O–H groups in total. The second kappa shape index (κ2) is 10.1. The molecule has 2 aromatic rings. The van der Waals surface area contributed by atoms with E-state index in [1.165, 1.54) is 5.56 Å². The number of carbonyl (C=O) groups excluding carboxylic acids is 1. The summed E-state index contributed by atoms with van der Waals surface area (Å²) in [6.45, 7) is 8.39. The van der Waals surface area contributed by atoms with E-state index in [-0.39, 0.29) is 12.1 Å². The molecule has 1 aromatic heterocycles. The summed E-state index contributed by atoms with van der Waals surface area (Å²) in [5.74, 6) is 0.301. The van der Waals surface area contributed by atoms with Crippen LogP contribution in [0.25, 0.3) is 0 Å². The number of carbonyl (C=O) groups is 1. The molecule has 0 bridgehead atoms. The van der Waals surface area contributed by atoms with Crippen molar-refractivity contribution in [1.82, 2.24) is 25.3 Å². The third-order valence-electron chi connectivity index (χ3n) is 4.44. The smallest absolute Gasteiger partial charge is 0.315 e. The molecule has 0 unspecified atom stereocenters. The average Bonchev–Trinajstić information content (AvgIpc) is 2.90. The lowest BCUT2D eigenvalue weighted by Crippen LogP contribution is -2.48. The predicted octanol–water partition coefficient (Wildman–Crippen LogP) is 2.61. The van der Waals surface area contributed by atoms with E-state index < -0.39 is 0 Å². The molecule has 2 atom stereocenters. The predicted molar refractivity (Wildman–Crippen MR) is 110 cm³/mol. The zero-order valence-electron chi connectivity index (χ0n) is 17.2. The number of aromatic nitrogens is 2. The summed E-state index contributed by atoms with van der Waals surface area (Å²) in [4.78, 5) is 14.5. The van der Waals surface area contributed by atoms with Crippen molar-refractivity contribution in [2.24, 2.45) is 5.92 Å². The van der Waals surface area contributed by atoms with Crippen molar-refractivity contribution < 1.29 is 4.79 Å².